The van der Waals surface area contributed by atoms with Gasteiger partial charge in [-0.3, -0.25) is 9.78 Å². The average molecular weight is 374 g/mol. The van der Waals surface area contributed by atoms with Gasteiger partial charge in [0.15, 0.2) is 11.5 Å². The molecule has 0 saturated carbocycles. The standard InChI is InChI=1S/C19H22N2O4S/c1-23-15-10-17(25-3)16(24-2)9-14(15)19-21(18(22)6-8-26-19)12-13-5-4-7-20-11-13/h4-5,7,9-11,19H,6,8,12H2,1-3H3. The molecule has 1 atom stereocenters. The lowest BCUT2D eigenvalue weighted by atomic mass is 10.1. The summed E-state index contributed by atoms with van der Waals surface area (Å²) >= 11 is 1.72. The summed E-state index contributed by atoms with van der Waals surface area (Å²) in [6, 6.07) is 7.55. The fourth-order valence-corrected chi connectivity index (χ4v) is 4.24. The summed E-state index contributed by atoms with van der Waals surface area (Å²) in [6.45, 7) is 0.502. The number of amides is 1. The second kappa shape index (κ2) is 8.31. The van der Waals surface area contributed by atoms with Crippen LogP contribution in [0.3, 0.4) is 0 Å². The van der Waals surface area contributed by atoms with E-state index >= 15 is 0 Å². The molecule has 1 unspecified atom stereocenters. The van der Waals surface area contributed by atoms with E-state index in [0.29, 0.717) is 30.2 Å². The predicted molar refractivity (Wildman–Crippen MR) is 101 cm³/mol. The minimum atomic E-state index is -0.161. The minimum Gasteiger partial charge on any atom is -0.496 e. The monoisotopic (exact) mass is 374 g/mol. The third-order valence-corrected chi connectivity index (χ3v) is 5.54. The van der Waals surface area contributed by atoms with Crippen LogP contribution in [0.1, 0.15) is 22.9 Å². The maximum Gasteiger partial charge on any atom is 0.224 e. The van der Waals surface area contributed by atoms with Crippen LogP contribution >= 0.6 is 11.8 Å². The van der Waals surface area contributed by atoms with Crippen molar-refractivity contribution in [3.05, 3.63) is 47.8 Å². The number of rotatable bonds is 6. The molecule has 1 fully saturated rings. The summed E-state index contributed by atoms with van der Waals surface area (Å²) in [5, 5.41) is -0.161. The van der Waals surface area contributed by atoms with Crippen LogP contribution in [0.4, 0.5) is 0 Å². The number of aromatic nitrogens is 1. The Hall–Kier alpha value is -2.41. The molecule has 2 heterocycles. The highest BCUT2D eigenvalue weighted by Crippen LogP contribution is 2.45. The van der Waals surface area contributed by atoms with Crippen molar-refractivity contribution in [3.8, 4) is 17.2 Å². The molecule has 6 nitrogen and oxygen atoms in total. The topological polar surface area (TPSA) is 60.9 Å². The number of thioether (sulfide) groups is 1. The highest BCUT2D eigenvalue weighted by molar-refractivity contribution is 7.99. The normalized spacial score (nSPS) is 17.1. The number of carbonyl (C=O) groups excluding carboxylic acids is 1. The molecule has 1 saturated heterocycles. The quantitative estimate of drug-likeness (QED) is 0.773. The number of pyridine rings is 1. The molecular formula is C19H22N2O4S. The lowest BCUT2D eigenvalue weighted by molar-refractivity contribution is -0.132. The van der Waals surface area contributed by atoms with E-state index in [9.17, 15) is 4.79 Å². The van der Waals surface area contributed by atoms with Crippen molar-refractivity contribution in [2.75, 3.05) is 27.1 Å². The maximum atomic E-state index is 12.7. The Morgan fingerprint density at radius 2 is 1.88 bits per heavy atom. The van der Waals surface area contributed by atoms with Gasteiger partial charge in [0.1, 0.15) is 11.1 Å². The van der Waals surface area contributed by atoms with Gasteiger partial charge in [0, 0.05) is 42.7 Å². The second-order valence-corrected chi connectivity index (χ2v) is 6.99. The molecule has 138 valence electrons. The van der Waals surface area contributed by atoms with Crippen LogP contribution in [0.25, 0.3) is 0 Å². The molecule has 7 heteroatoms. The van der Waals surface area contributed by atoms with Crippen molar-refractivity contribution in [3.63, 3.8) is 0 Å². The van der Waals surface area contributed by atoms with Crippen molar-refractivity contribution in [2.24, 2.45) is 0 Å². The molecule has 1 aliphatic rings. The molecule has 26 heavy (non-hydrogen) atoms. The zero-order valence-electron chi connectivity index (χ0n) is 15.1. The van der Waals surface area contributed by atoms with Gasteiger partial charge in [0.2, 0.25) is 5.91 Å². The van der Waals surface area contributed by atoms with Gasteiger partial charge in [-0.05, 0) is 17.7 Å². The molecule has 0 radical (unpaired) electrons. The summed E-state index contributed by atoms with van der Waals surface area (Å²) in [7, 11) is 4.80. The fraction of sp³-hybridized carbons (Fsp3) is 0.368. The van der Waals surface area contributed by atoms with E-state index in [1.165, 1.54) is 0 Å². The third kappa shape index (κ3) is 3.72. The van der Waals surface area contributed by atoms with E-state index in [2.05, 4.69) is 4.98 Å². The van der Waals surface area contributed by atoms with E-state index in [0.717, 1.165) is 16.9 Å². The number of benzene rings is 1. The van der Waals surface area contributed by atoms with Crippen molar-refractivity contribution in [1.82, 2.24) is 9.88 Å². The second-order valence-electron chi connectivity index (χ2n) is 5.81. The molecule has 1 amide bonds. The van der Waals surface area contributed by atoms with Crippen LogP contribution in [-0.4, -0.2) is 42.9 Å². The first-order valence-electron chi connectivity index (χ1n) is 8.27. The van der Waals surface area contributed by atoms with E-state index in [-0.39, 0.29) is 11.3 Å². The Kier molecular flexibility index (Phi) is 5.88. The number of hydrogen-bond donors (Lipinski definition) is 0. The summed E-state index contributed by atoms with van der Waals surface area (Å²) in [5.41, 5.74) is 1.89. The molecule has 3 rings (SSSR count). The molecular weight excluding hydrogens is 352 g/mol. The minimum absolute atomic E-state index is 0.120. The highest BCUT2D eigenvalue weighted by Gasteiger charge is 2.32. The van der Waals surface area contributed by atoms with Crippen molar-refractivity contribution >= 4 is 17.7 Å². The van der Waals surface area contributed by atoms with Gasteiger partial charge in [0.25, 0.3) is 0 Å². The third-order valence-electron chi connectivity index (χ3n) is 4.27. The fourth-order valence-electron chi connectivity index (χ4n) is 2.99. The van der Waals surface area contributed by atoms with Crippen LogP contribution in [0.15, 0.2) is 36.7 Å². The van der Waals surface area contributed by atoms with Gasteiger partial charge in [-0.15, -0.1) is 11.8 Å². The molecule has 0 aliphatic carbocycles. The molecule has 2 aromatic rings. The lowest BCUT2D eigenvalue weighted by Gasteiger charge is -2.36. The first-order chi connectivity index (χ1) is 12.7. The molecule has 0 bridgehead atoms. The van der Waals surface area contributed by atoms with Crippen LogP contribution in [-0.2, 0) is 11.3 Å². The Bertz CT molecular complexity index is 770. The lowest BCUT2D eigenvalue weighted by Crippen LogP contribution is -2.37. The molecule has 1 aliphatic heterocycles. The zero-order chi connectivity index (χ0) is 18.5. The van der Waals surface area contributed by atoms with Gasteiger partial charge in [-0.1, -0.05) is 6.07 Å². The largest absolute Gasteiger partial charge is 0.496 e. The first kappa shape index (κ1) is 18.4. The number of ether oxygens (including phenoxy) is 3. The summed E-state index contributed by atoms with van der Waals surface area (Å²) < 4.78 is 16.4. The van der Waals surface area contributed by atoms with Crippen molar-refractivity contribution in [2.45, 2.75) is 18.3 Å². The summed E-state index contributed by atoms with van der Waals surface area (Å²) in [6.07, 6.45) is 4.04. The molecule has 1 aromatic carbocycles. The van der Waals surface area contributed by atoms with Gasteiger partial charge < -0.3 is 19.1 Å². The molecule has 0 spiro atoms. The van der Waals surface area contributed by atoms with E-state index < -0.39 is 0 Å². The average Bonchev–Trinajstić information content (AvgIpc) is 2.69. The van der Waals surface area contributed by atoms with Crippen LogP contribution < -0.4 is 14.2 Å². The van der Waals surface area contributed by atoms with Gasteiger partial charge in [-0.2, -0.15) is 0 Å². The Morgan fingerprint density at radius 1 is 1.15 bits per heavy atom. The Morgan fingerprint density at radius 3 is 2.54 bits per heavy atom. The molecule has 0 N–H and O–H groups in total. The summed E-state index contributed by atoms with van der Waals surface area (Å²) in [4.78, 5) is 18.7. The van der Waals surface area contributed by atoms with Gasteiger partial charge >= 0.3 is 0 Å². The van der Waals surface area contributed by atoms with Crippen molar-refractivity contribution in [1.29, 1.82) is 0 Å². The Labute approximate surface area is 157 Å². The van der Waals surface area contributed by atoms with Gasteiger partial charge in [0.05, 0.1) is 21.3 Å². The number of hydrogen-bond acceptors (Lipinski definition) is 6. The van der Waals surface area contributed by atoms with E-state index in [1.807, 2.05) is 23.1 Å². The molecule has 1 aromatic heterocycles. The van der Waals surface area contributed by atoms with Gasteiger partial charge in [-0.25, -0.2) is 0 Å². The van der Waals surface area contributed by atoms with E-state index in [1.54, 1.807) is 51.6 Å². The SMILES string of the molecule is COc1cc(OC)c(C2SCCC(=O)N2Cc2cccnc2)cc1OC. The number of methoxy groups -OCH3 is 3. The van der Waals surface area contributed by atoms with Crippen LogP contribution in [0, 0.1) is 0 Å². The highest BCUT2D eigenvalue weighted by atomic mass is 32.2. The first-order valence-corrected chi connectivity index (χ1v) is 9.32. The number of nitrogens with zero attached hydrogens (tertiary/aromatic N) is 2. The summed E-state index contributed by atoms with van der Waals surface area (Å²) in [5.74, 6) is 2.77. The van der Waals surface area contributed by atoms with E-state index in [4.69, 9.17) is 14.2 Å². The van der Waals surface area contributed by atoms with Crippen molar-refractivity contribution < 1.29 is 19.0 Å². The number of carbonyl (C=O) groups is 1. The smallest absolute Gasteiger partial charge is 0.224 e. The Balaban J connectivity index is 2.00. The van der Waals surface area contributed by atoms with Crippen LogP contribution in [0.2, 0.25) is 0 Å². The maximum absolute atomic E-state index is 12.7. The van der Waals surface area contributed by atoms with Crippen LogP contribution in [0.5, 0.6) is 17.2 Å². The predicted octanol–water partition coefficient (Wildman–Crippen LogP) is 3.27. The zero-order valence-corrected chi connectivity index (χ0v) is 15.9.